The fourth-order valence-electron chi connectivity index (χ4n) is 2.34. The number of rotatable bonds is 8. The third-order valence-electron chi connectivity index (χ3n) is 3.62. The van der Waals surface area contributed by atoms with Crippen molar-refractivity contribution in [2.45, 2.75) is 19.9 Å². The van der Waals surface area contributed by atoms with Crippen molar-refractivity contribution in [1.82, 2.24) is 10.6 Å². The van der Waals surface area contributed by atoms with Gasteiger partial charge in [0.25, 0.3) is 0 Å². The Morgan fingerprint density at radius 3 is 2.64 bits per heavy atom. The quantitative estimate of drug-likeness (QED) is 0.751. The van der Waals surface area contributed by atoms with E-state index in [1.54, 1.807) is 13.2 Å². The van der Waals surface area contributed by atoms with E-state index in [2.05, 4.69) is 10.6 Å². The molecular formula is C19H23ClN2O3. The van der Waals surface area contributed by atoms with Crippen LogP contribution in [0.1, 0.15) is 18.1 Å². The van der Waals surface area contributed by atoms with Crippen molar-refractivity contribution >= 4 is 17.6 Å². The zero-order valence-electron chi connectivity index (χ0n) is 14.5. The Kier molecular flexibility index (Phi) is 7.41. The lowest BCUT2D eigenvalue weighted by atomic mass is 10.1. The molecule has 0 heterocycles. The summed E-state index contributed by atoms with van der Waals surface area (Å²) in [5.41, 5.74) is 1.95. The van der Waals surface area contributed by atoms with Gasteiger partial charge in [-0.3, -0.25) is 0 Å². The van der Waals surface area contributed by atoms with Gasteiger partial charge in [-0.15, -0.1) is 0 Å². The van der Waals surface area contributed by atoms with Crippen LogP contribution in [0.5, 0.6) is 11.5 Å². The molecule has 0 aromatic heterocycles. The zero-order valence-corrected chi connectivity index (χ0v) is 15.2. The number of hydrogen-bond acceptors (Lipinski definition) is 3. The number of methoxy groups -OCH3 is 1. The summed E-state index contributed by atoms with van der Waals surface area (Å²) in [5, 5.41) is 6.27. The first-order valence-corrected chi connectivity index (χ1v) is 8.56. The summed E-state index contributed by atoms with van der Waals surface area (Å²) in [4.78, 5) is 11.9. The number of urea groups is 1. The number of amides is 2. The summed E-state index contributed by atoms with van der Waals surface area (Å²) < 4.78 is 10.8. The molecule has 0 unspecified atom stereocenters. The van der Waals surface area contributed by atoms with Gasteiger partial charge >= 0.3 is 6.03 Å². The van der Waals surface area contributed by atoms with E-state index >= 15 is 0 Å². The van der Waals surface area contributed by atoms with Crippen LogP contribution >= 0.6 is 11.6 Å². The highest BCUT2D eigenvalue weighted by atomic mass is 35.5. The Balaban J connectivity index is 1.78. The van der Waals surface area contributed by atoms with Crippen LogP contribution in [-0.4, -0.2) is 26.3 Å². The van der Waals surface area contributed by atoms with Gasteiger partial charge in [0.1, 0.15) is 0 Å². The largest absolute Gasteiger partial charge is 0.493 e. The monoisotopic (exact) mass is 362 g/mol. The summed E-state index contributed by atoms with van der Waals surface area (Å²) >= 11 is 6.06. The highest BCUT2D eigenvalue weighted by molar-refractivity contribution is 6.31. The molecule has 0 spiro atoms. The number of ether oxygens (including phenoxy) is 2. The van der Waals surface area contributed by atoms with Crippen molar-refractivity contribution in [2.24, 2.45) is 0 Å². The van der Waals surface area contributed by atoms with Crippen LogP contribution in [0.2, 0.25) is 5.02 Å². The topological polar surface area (TPSA) is 59.6 Å². The molecule has 0 saturated heterocycles. The maximum Gasteiger partial charge on any atom is 0.315 e. The molecule has 25 heavy (non-hydrogen) atoms. The second-order valence-electron chi connectivity index (χ2n) is 5.37. The third-order valence-corrected chi connectivity index (χ3v) is 3.99. The number of benzene rings is 2. The molecule has 6 heteroatoms. The summed E-state index contributed by atoms with van der Waals surface area (Å²) in [6.45, 7) is 3.43. The minimum absolute atomic E-state index is 0.224. The average Bonchev–Trinajstić information content (AvgIpc) is 2.62. The van der Waals surface area contributed by atoms with Crippen LogP contribution in [0.4, 0.5) is 4.79 Å². The van der Waals surface area contributed by atoms with Crippen molar-refractivity contribution < 1.29 is 14.3 Å². The van der Waals surface area contributed by atoms with E-state index in [-0.39, 0.29) is 6.03 Å². The van der Waals surface area contributed by atoms with Gasteiger partial charge in [-0.2, -0.15) is 0 Å². The van der Waals surface area contributed by atoms with E-state index in [1.807, 2.05) is 43.3 Å². The second kappa shape index (κ2) is 9.79. The van der Waals surface area contributed by atoms with Gasteiger partial charge in [0.2, 0.25) is 0 Å². The van der Waals surface area contributed by atoms with E-state index in [1.165, 1.54) is 0 Å². The van der Waals surface area contributed by atoms with Gasteiger partial charge in [-0.25, -0.2) is 4.79 Å². The second-order valence-corrected chi connectivity index (χ2v) is 5.78. The Bertz CT molecular complexity index is 707. The summed E-state index contributed by atoms with van der Waals surface area (Å²) in [6.07, 6.45) is 0.697. The fraction of sp³-hybridized carbons (Fsp3) is 0.316. The fourth-order valence-corrected chi connectivity index (χ4v) is 2.54. The number of nitrogens with one attached hydrogen (secondary N) is 2. The minimum atomic E-state index is -0.224. The van der Waals surface area contributed by atoms with Gasteiger partial charge in [0.15, 0.2) is 11.5 Å². The van der Waals surface area contributed by atoms with Gasteiger partial charge in [0, 0.05) is 18.1 Å². The van der Waals surface area contributed by atoms with Crippen molar-refractivity contribution in [3.8, 4) is 11.5 Å². The molecule has 2 rings (SSSR count). The van der Waals surface area contributed by atoms with Crippen LogP contribution in [0.15, 0.2) is 42.5 Å². The summed E-state index contributed by atoms with van der Waals surface area (Å²) in [7, 11) is 1.61. The summed E-state index contributed by atoms with van der Waals surface area (Å²) in [5.74, 6) is 1.42. The molecule has 2 N–H and O–H groups in total. The molecule has 5 nitrogen and oxygen atoms in total. The van der Waals surface area contributed by atoms with E-state index in [0.717, 1.165) is 16.9 Å². The lowest BCUT2D eigenvalue weighted by Crippen LogP contribution is -2.36. The Morgan fingerprint density at radius 2 is 1.92 bits per heavy atom. The predicted octanol–water partition coefficient (Wildman–Crippen LogP) is 3.79. The Morgan fingerprint density at radius 1 is 1.12 bits per heavy atom. The maximum atomic E-state index is 11.9. The van der Waals surface area contributed by atoms with E-state index < -0.39 is 0 Å². The van der Waals surface area contributed by atoms with Gasteiger partial charge in [-0.05, 0) is 42.7 Å². The lowest BCUT2D eigenvalue weighted by molar-refractivity contribution is 0.240. The zero-order chi connectivity index (χ0) is 18.1. The first-order valence-electron chi connectivity index (χ1n) is 8.18. The van der Waals surface area contributed by atoms with Gasteiger partial charge < -0.3 is 20.1 Å². The van der Waals surface area contributed by atoms with Crippen LogP contribution in [-0.2, 0) is 13.0 Å². The molecular weight excluding hydrogens is 340 g/mol. The van der Waals surface area contributed by atoms with Crippen molar-refractivity contribution in [1.29, 1.82) is 0 Å². The Labute approximate surface area is 153 Å². The van der Waals surface area contributed by atoms with Crippen LogP contribution in [0, 0.1) is 0 Å². The predicted molar refractivity (Wildman–Crippen MR) is 99.6 cm³/mol. The average molecular weight is 363 g/mol. The number of hydrogen-bond donors (Lipinski definition) is 2. The highest BCUT2D eigenvalue weighted by Crippen LogP contribution is 2.28. The van der Waals surface area contributed by atoms with Crippen molar-refractivity contribution in [2.75, 3.05) is 20.3 Å². The minimum Gasteiger partial charge on any atom is -0.493 e. The SMILES string of the molecule is CCOc1ccc(CCNC(=O)NCc2ccccc2Cl)cc1OC. The van der Waals surface area contributed by atoms with Crippen molar-refractivity contribution in [3.63, 3.8) is 0 Å². The number of halogens is 1. The molecule has 0 fully saturated rings. The maximum absolute atomic E-state index is 11.9. The molecule has 0 aliphatic carbocycles. The van der Waals surface area contributed by atoms with Crippen molar-refractivity contribution in [3.05, 3.63) is 58.6 Å². The summed E-state index contributed by atoms with van der Waals surface area (Å²) in [6, 6.07) is 13.0. The van der Waals surface area contributed by atoms with E-state index in [0.29, 0.717) is 36.9 Å². The van der Waals surface area contributed by atoms with E-state index in [4.69, 9.17) is 21.1 Å². The van der Waals surface area contributed by atoms with Crippen LogP contribution < -0.4 is 20.1 Å². The molecule has 0 bridgehead atoms. The molecule has 134 valence electrons. The van der Waals surface area contributed by atoms with Crippen LogP contribution in [0.25, 0.3) is 0 Å². The van der Waals surface area contributed by atoms with Gasteiger partial charge in [-0.1, -0.05) is 35.9 Å². The molecule has 2 aromatic rings. The van der Waals surface area contributed by atoms with Gasteiger partial charge in [0.05, 0.1) is 13.7 Å². The number of carbonyl (C=O) groups is 1. The molecule has 0 radical (unpaired) electrons. The molecule has 2 aromatic carbocycles. The lowest BCUT2D eigenvalue weighted by Gasteiger charge is -2.12. The molecule has 2 amide bonds. The molecule has 0 aliphatic heterocycles. The molecule has 0 saturated carbocycles. The van der Waals surface area contributed by atoms with E-state index in [9.17, 15) is 4.79 Å². The normalized spacial score (nSPS) is 10.2. The first-order chi connectivity index (χ1) is 12.1. The first kappa shape index (κ1) is 18.9. The third kappa shape index (κ3) is 5.87. The Hall–Kier alpha value is -2.40. The van der Waals surface area contributed by atoms with Crippen LogP contribution in [0.3, 0.4) is 0 Å². The highest BCUT2D eigenvalue weighted by Gasteiger charge is 2.06. The number of carbonyl (C=O) groups excluding carboxylic acids is 1. The molecule has 0 atom stereocenters. The standard InChI is InChI=1S/C19H23ClN2O3/c1-3-25-17-9-8-14(12-18(17)24-2)10-11-21-19(23)22-13-15-6-4-5-7-16(15)20/h4-9,12H,3,10-11,13H2,1-2H3,(H2,21,22,23). The smallest absolute Gasteiger partial charge is 0.315 e. The molecule has 0 aliphatic rings.